The number of benzene rings is 2. The van der Waals surface area contributed by atoms with Crippen LogP contribution < -0.4 is 16.4 Å². The van der Waals surface area contributed by atoms with E-state index in [0.29, 0.717) is 15.6 Å². The van der Waals surface area contributed by atoms with Gasteiger partial charge >= 0.3 is 0 Å². The number of fused-ring (bicyclic) bond motifs is 1. The Bertz CT molecular complexity index is 1350. The van der Waals surface area contributed by atoms with Crippen LogP contribution in [0, 0.1) is 12.3 Å². The highest BCUT2D eigenvalue weighted by Crippen LogP contribution is 2.36. The van der Waals surface area contributed by atoms with Gasteiger partial charge in [-0.05, 0) is 85.9 Å². The van der Waals surface area contributed by atoms with Crippen molar-refractivity contribution in [3.8, 4) is 11.1 Å². The van der Waals surface area contributed by atoms with Crippen molar-refractivity contribution in [1.82, 2.24) is 10.3 Å². The van der Waals surface area contributed by atoms with Crippen molar-refractivity contribution in [3.63, 3.8) is 0 Å². The van der Waals surface area contributed by atoms with Gasteiger partial charge < -0.3 is 16.4 Å². The molecule has 38 heavy (non-hydrogen) atoms. The lowest BCUT2D eigenvalue weighted by atomic mass is 9.85. The van der Waals surface area contributed by atoms with Gasteiger partial charge in [-0.25, -0.2) is 0 Å². The maximum Gasteiger partial charge on any atom is 0.237 e. The van der Waals surface area contributed by atoms with Gasteiger partial charge in [0.15, 0.2) is 5.78 Å². The average Bonchev–Trinajstić information content (AvgIpc) is 2.86. The van der Waals surface area contributed by atoms with Crippen LogP contribution in [0.5, 0.6) is 0 Å². The van der Waals surface area contributed by atoms with Crippen molar-refractivity contribution in [2.45, 2.75) is 78.4 Å². The number of hydrogen-bond acceptors (Lipinski definition) is 5. The molecule has 1 fully saturated rings. The summed E-state index contributed by atoms with van der Waals surface area (Å²) in [6, 6.07) is 9.49. The number of rotatable bonds is 6. The predicted molar refractivity (Wildman–Crippen MR) is 157 cm³/mol. The van der Waals surface area contributed by atoms with Gasteiger partial charge in [0.25, 0.3) is 0 Å². The van der Waals surface area contributed by atoms with E-state index < -0.39 is 6.04 Å². The minimum atomic E-state index is -0.549. The van der Waals surface area contributed by atoms with Crippen LogP contribution in [-0.2, 0) is 4.79 Å². The fourth-order valence-corrected chi connectivity index (χ4v) is 5.36. The van der Waals surface area contributed by atoms with Gasteiger partial charge in [-0.3, -0.25) is 14.6 Å². The van der Waals surface area contributed by atoms with E-state index in [9.17, 15) is 9.59 Å². The van der Waals surface area contributed by atoms with Crippen molar-refractivity contribution >= 4 is 51.5 Å². The molecule has 1 aliphatic carbocycles. The molecule has 1 saturated carbocycles. The molecule has 2 aromatic carbocycles. The number of nitrogens with two attached hydrogens (primary N) is 1. The van der Waals surface area contributed by atoms with E-state index in [0.717, 1.165) is 59.0 Å². The fourth-order valence-electron chi connectivity index (χ4n) is 4.88. The fraction of sp³-hybridized carbons (Fsp3) is 0.433. The summed E-state index contributed by atoms with van der Waals surface area (Å²) in [7, 11) is 0. The summed E-state index contributed by atoms with van der Waals surface area (Å²) in [6.07, 6.45) is 5.04. The third kappa shape index (κ3) is 6.14. The number of ketones is 1. The monoisotopic (exact) mass is 554 g/mol. The number of aromatic nitrogens is 1. The van der Waals surface area contributed by atoms with Crippen molar-refractivity contribution in [1.29, 1.82) is 0 Å². The number of anilines is 1. The van der Waals surface area contributed by atoms with Crippen LogP contribution in [0.25, 0.3) is 22.0 Å². The predicted octanol–water partition coefficient (Wildman–Crippen LogP) is 6.93. The van der Waals surface area contributed by atoms with Gasteiger partial charge in [0.2, 0.25) is 5.91 Å². The highest BCUT2D eigenvalue weighted by Gasteiger charge is 2.30. The quantitative estimate of drug-likeness (QED) is 0.287. The number of amides is 1. The molecule has 0 saturated heterocycles. The highest BCUT2D eigenvalue weighted by molar-refractivity contribution is 6.36. The molecule has 1 aromatic heterocycles. The van der Waals surface area contributed by atoms with Gasteiger partial charge in [0.05, 0.1) is 22.8 Å². The van der Waals surface area contributed by atoms with E-state index in [-0.39, 0.29) is 29.2 Å². The molecule has 1 amide bonds. The molecule has 3 aromatic rings. The van der Waals surface area contributed by atoms with Crippen LogP contribution in [0.3, 0.4) is 0 Å². The first-order valence-corrected chi connectivity index (χ1v) is 13.8. The number of carbonyl (C=O) groups excluding carboxylic acids is 2. The molecule has 0 bridgehead atoms. The average molecular weight is 556 g/mol. The smallest absolute Gasteiger partial charge is 0.237 e. The van der Waals surface area contributed by atoms with E-state index in [1.54, 1.807) is 13.1 Å². The van der Waals surface area contributed by atoms with Gasteiger partial charge in [-0.2, -0.15) is 0 Å². The second kappa shape index (κ2) is 11.2. The van der Waals surface area contributed by atoms with Crippen molar-refractivity contribution in [2.75, 3.05) is 5.32 Å². The Kier molecular flexibility index (Phi) is 8.36. The summed E-state index contributed by atoms with van der Waals surface area (Å²) in [5.74, 6) is -0.150. The molecule has 6 nitrogen and oxygen atoms in total. The summed E-state index contributed by atoms with van der Waals surface area (Å²) in [5.41, 5.74) is 10.7. The van der Waals surface area contributed by atoms with Crippen LogP contribution in [0.4, 0.5) is 5.69 Å². The zero-order valence-corrected chi connectivity index (χ0v) is 24.1. The van der Waals surface area contributed by atoms with Gasteiger partial charge in [-0.15, -0.1) is 0 Å². The molecule has 1 heterocycles. The first-order chi connectivity index (χ1) is 17.8. The maximum atomic E-state index is 12.6. The molecule has 0 aliphatic heterocycles. The third-order valence-corrected chi connectivity index (χ3v) is 8.28. The maximum absolute atomic E-state index is 12.6. The number of hydrogen-bond donors (Lipinski definition) is 3. The molecule has 0 spiro atoms. The molecule has 1 aliphatic rings. The normalized spacial score (nSPS) is 18.7. The van der Waals surface area contributed by atoms with Crippen LogP contribution in [0.2, 0.25) is 10.0 Å². The van der Waals surface area contributed by atoms with Crippen LogP contribution in [-0.4, -0.2) is 34.8 Å². The molecule has 0 unspecified atom stereocenters. The number of nitrogens with zero attached hydrogens (tertiary/aromatic N) is 1. The van der Waals surface area contributed by atoms with Crippen molar-refractivity contribution < 1.29 is 9.59 Å². The number of nitrogens with one attached hydrogen (secondary N) is 2. The number of halogens is 2. The van der Waals surface area contributed by atoms with Crippen molar-refractivity contribution in [3.05, 3.63) is 57.7 Å². The van der Waals surface area contributed by atoms with Gasteiger partial charge in [-0.1, -0.05) is 50.0 Å². The molecule has 4 N–H and O–H groups in total. The lowest BCUT2D eigenvalue weighted by Crippen LogP contribution is -2.52. The van der Waals surface area contributed by atoms with E-state index in [1.165, 1.54) is 0 Å². The molecule has 4 rings (SSSR count). The van der Waals surface area contributed by atoms with E-state index in [2.05, 4.69) is 15.6 Å². The Morgan fingerprint density at radius 2 is 1.61 bits per heavy atom. The lowest BCUT2D eigenvalue weighted by Gasteiger charge is -2.33. The van der Waals surface area contributed by atoms with E-state index in [1.807, 2.05) is 58.0 Å². The first-order valence-electron chi connectivity index (χ1n) is 13.1. The lowest BCUT2D eigenvalue weighted by molar-refractivity contribution is -0.125. The summed E-state index contributed by atoms with van der Waals surface area (Å²) >= 11 is 12.8. The Balaban J connectivity index is 1.58. The van der Waals surface area contributed by atoms with Gasteiger partial charge in [0, 0.05) is 33.7 Å². The van der Waals surface area contributed by atoms with E-state index >= 15 is 0 Å². The SMILES string of the molecule is CC(=O)c1cnc2ccc(-c3cc(Cl)c(C)c(Cl)c3)cc2c1N[C@H]1CC[C@H](NC(=O)[C@@H](N)C(C)(C)C)CC1. The van der Waals surface area contributed by atoms with Crippen LogP contribution in [0.1, 0.15) is 69.3 Å². The molecule has 0 radical (unpaired) electrons. The van der Waals surface area contributed by atoms with Crippen LogP contribution >= 0.6 is 23.2 Å². The van der Waals surface area contributed by atoms with Crippen LogP contribution in [0.15, 0.2) is 36.5 Å². The standard InChI is InChI=1S/C30H36Cl2N4O2/c1-16-24(31)13-19(14-25(16)32)18-6-11-26-22(12-18)27(23(15-34-26)17(2)37)35-20-7-9-21(10-8-20)36-29(38)28(33)30(3,4)5/h6,11-15,20-21,28H,7-10,33H2,1-5H3,(H,34,35)(H,36,38)/t20-,21-,28-/m1/s1. The zero-order chi connectivity index (χ0) is 27.8. The summed E-state index contributed by atoms with van der Waals surface area (Å²) in [5, 5.41) is 8.87. The van der Waals surface area contributed by atoms with Gasteiger partial charge in [0.1, 0.15) is 0 Å². The third-order valence-electron chi connectivity index (χ3n) is 7.50. The minimum absolute atomic E-state index is 0.0501. The first kappa shape index (κ1) is 28.3. The largest absolute Gasteiger partial charge is 0.381 e. The zero-order valence-electron chi connectivity index (χ0n) is 22.6. The Hall–Kier alpha value is -2.67. The van der Waals surface area contributed by atoms with E-state index in [4.69, 9.17) is 28.9 Å². The molecule has 1 atom stereocenters. The summed E-state index contributed by atoms with van der Waals surface area (Å²) < 4.78 is 0. The Morgan fingerprint density at radius 1 is 1.00 bits per heavy atom. The summed E-state index contributed by atoms with van der Waals surface area (Å²) in [4.78, 5) is 29.7. The Labute approximate surface area is 234 Å². The Morgan fingerprint density at radius 3 is 2.18 bits per heavy atom. The summed E-state index contributed by atoms with van der Waals surface area (Å²) in [6.45, 7) is 9.35. The highest BCUT2D eigenvalue weighted by atomic mass is 35.5. The number of pyridine rings is 1. The number of carbonyl (C=O) groups is 2. The number of Topliss-reactive ketones (excluding diaryl/α,β-unsaturated/α-hetero) is 1. The van der Waals surface area contributed by atoms with Crippen molar-refractivity contribution in [2.24, 2.45) is 11.1 Å². The molecular formula is C30H36Cl2N4O2. The molecular weight excluding hydrogens is 519 g/mol. The minimum Gasteiger partial charge on any atom is -0.381 e. The topological polar surface area (TPSA) is 97.1 Å². The second-order valence-electron chi connectivity index (χ2n) is 11.4. The second-order valence-corrected chi connectivity index (χ2v) is 12.3. The molecule has 8 heteroatoms. The molecule has 202 valence electrons.